The van der Waals surface area contributed by atoms with Crippen LogP contribution in [0.4, 0.5) is 13.2 Å². The van der Waals surface area contributed by atoms with Crippen LogP contribution in [0.1, 0.15) is 54.1 Å². The molecule has 0 spiro atoms. The fourth-order valence-electron chi connectivity index (χ4n) is 3.79. The average Bonchev–Trinajstić information content (AvgIpc) is 2.72. The second-order valence-electron chi connectivity index (χ2n) is 7.46. The Morgan fingerprint density at radius 3 is 2.22 bits per heavy atom. The third kappa shape index (κ3) is 4.53. The van der Waals surface area contributed by atoms with E-state index in [0.29, 0.717) is 42.4 Å². The monoisotopic (exact) mass is 455 g/mol. The number of benzene rings is 1. The average molecular weight is 455 g/mol. The molecule has 0 bridgehead atoms. The molecule has 12 heteroatoms. The van der Waals surface area contributed by atoms with E-state index < -0.39 is 76.7 Å². The number of nitrogens with one attached hydrogen (secondary N) is 1. The maximum Gasteiger partial charge on any atom is 0.334 e. The van der Waals surface area contributed by atoms with Gasteiger partial charge in [-0.05, 0) is 12.8 Å². The zero-order valence-corrected chi connectivity index (χ0v) is 16.7. The summed E-state index contributed by atoms with van der Waals surface area (Å²) < 4.78 is 42.8. The van der Waals surface area contributed by atoms with Crippen LogP contribution in [0.2, 0.25) is 0 Å². The summed E-state index contributed by atoms with van der Waals surface area (Å²) in [6.45, 7) is -1.81. The summed E-state index contributed by atoms with van der Waals surface area (Å²) in [5.41, 5.74) is -3.94. The molecule has 1 heterocycles. The number of hydrogen-bond acceptors (Lipinski definition) is 5. The van der Waals surface area contributed by atoms with Gasteiger partial charge in [-0.15, -0.1) is 0 Å². The lowest BCUT2D eigenvalue weighted by Gasteiger charge is -2.25. The number of aromatic hydroxyl groups is 1. The first-order valence-corrected chi connectivity index (χ1v) is 9.83. The van der Waals surface area contributed by atoms with Crippen LogP contribution in [-0.2, 0) is 11.3 Å². The van der Waals surface area contributed by atoms with E-state index in [1.165, 1.54) is 0 Å². The van der Waals surface area contributed by atoms with E-state index in [1.807, 2.05) is 5.32 Å². The molecule has 3 N–H and O–H groups in total. The summed E-state index contributed by atoms with van der Waals surface area (Å²) in [6.07, 6.45) is 3.11. The molecule has 9 nitrogen and oxygen atoms in total. The van der Waals surface area contributed by atoms with Crippen molar-refractivity contribution in [1.82, 2.24) is 14.5 Å². The number of carbonyl (C=O) groups is 2. The maximum atomic E-state index is 14.2. The van der Waals surface area contributed by atoms with Crippen molar-refractivity contribution in [3.63, 3.8) is 0 Å². The van der Waals surface area contributed by atoms with Crippen LogP contribution < -0.4 is 16.6 Å². The predicted octanol–water partition coefficient (Wildman–Crippen LogP) is 1.50. The number of carbonyl (C=O) groups excluding carboxylic acids is 1. The van der Waals surface area contributed by atoms with Gasteiger partial charge in [0.1, 0.15) is 24.0 Å². The van der Waals surface area contributed by atoms with Crippen molar-refractivity contribution in [2.24, 2.45) is 0 Å². The third-order valence-corrected chi connectivity index (χ3v) is 5.34. The van der Waals surface area contributed by atoms with Gasteiger partial charge >= 0.3 is 11.7 Å². The highest BCUT2D eigenvalue weighted by molar-refractivity contribution is 5.97. The van der Waals surface area contributed by atoms with E-state index in [0.717, 1.165) is 11.0 Å². The highest BCUT2D eigenvalue weighted by Crippen LogP contribution is 2.27. The van der Waals surface area contributed by atoms with Gasteiger partial charge in [0, 0.05) is 23.7 Å². The molecule has 1 amide bonds. The molecule has 0 saturated heterocycles. The molecule has 1 aromatic carbocycles. The topological polar surface area (TPSA) is 131 Å². The number of rotatable bonds is 6. The molecule has 0 atom stereocenters. The van der Waals surface area contributed by atoms with Crippen LogP contribution in [-0.4, -0.2) is 37.8 Å². The van der Waals surface area contributed by atoms with Crippen molar-refractivity contribution in [3.8, 4) is 5.88 Å². The first-order valence-electron chi connectivity index (χ1n) is 9.83. The van der Waals surface area contributed by atoms with Crippen LogP contribution in [0.15, 0.2) is 21.7 Å². The Hall–Kier alpha value is -3.57. The summed E-state index contributed by atoms with van der Waals surface area (Å²) >= 11 is 0. The van der Waals surface area contributed by atoms with Crippen molar-refractivity contribution in [1.29, 1.82) is 0 Å². The molecule has 172 valence electrons. The Kier molecular flexibility index (Phi) is 6.70. The van der Waals surface area contributed by atoms with Crippen LogP contribution in [0, 0.1) is 17.5 Å². The summed E-state index contributed by atoms with van der Waals surface area (Å²) in [5, 5.41) is 21.2. The summed E-state index contributed by atoms with van der Waals surface area (Å²) in [7, 11) is 0. The quantitative estimate of drug-likeness (QED) is 0.605. The molecule has 1 aromatic heterocycles. The third-order valence-electron chi connectivity index (χ3n) is 5.34. The van der Waals surface area contributed by atoms with Crippen molar-refractivity contribution in [3.05, 3.63) is 61.5 Å². The largest absolute Gasteiger partial charge is 0.494 e. The zero-order valence-electron chi connectivity index (χ0n) is 16.7. The molecule has 0 radical (unpaired) electrons. The van der Waals surface area contributed by atoms with Crippen LogP contribution in [0.3, 0.4) is 0 Å². The van der Waals surface area contributed by atoms with Gasteiger partial charge in [-0.2, -0.15) is 0 Å². The first kappa shape index (κ1) is 23.1. The summed E-state index contributed by atoms with van der Waals surface area (Å²) in [4.78, 5) is 49.2. The Labute approximate surface area is 178 Å². The minimum absolute atomic E-state index is 0.387. The highest BCUT2D eigenvalue weighted by Gasteiger charge is 2.29. The lowest BCUT2D eigenvalue weighted by atomic mass is 9.95. The van der Waals surface area contributed by atoms with Crippen molar-refractivity contribution in [2.45, 2.75) is 44.7 Å². The van der Waals surface area contributed by atoms with E-state index in [-0.39, 0.29) is 0 Å². The summed E-state index contributed by atoms with van der Waals surface area (Å²) in [5.74, 6) is -7.73. The Bertz CT molecular complexity index is 1160. The van der Waals surface area contributed by atoms with Crippen molar-refractivity contribution < 1.29 is 33.0 Å². The fourth-order valence-corrected chi connectivity index (χ4v) is 3.79. The molecule has 2 aromatic rings. The van der Waals surface area contributed by atoms with E-state index in [1.54, 1.807) is 0 Å². The zero-order chi connectivity index (χ0) is 23.6. The Morgan fingerprint density at radius 1 is 1.06 bits per heavy atom. The van der Waals surface area contributed by atoms with Crippen LogP contribution >= 0.6 is 0 Å². The number of aromatic nitrogens is 2. The van der Waals surface area contributed by atoms with Gasteiger partial charge in [-0.25, -0.2) is 18.0 Å². The molecule has 1 saturated carbocycles. The van der Waals surface area contributed by atoms with Gasteiger partial charge < -0.3 is 15.5 Å². The minimum Gasteiger partial charge on any atom is -0.494 e. The van der Waals surface area contributed by atoms with E-state index in [2.05, 4.69) is 0 Å². The van der Waals surface area contributed by atoms with E-state index in [4.69, 9.17) is 5.11 Å². The molecule has 0 aliphatic heterocycles. The van der Waals surface area contributed by atoms with Crippen molar-refractivity contribution in [2.75, 3.05) is 6.54 Å². The predicted molar refractivity (Wildman–Crippen MR) is 104 cm³/mol. The number of nitrogens with zero attached hydrogens (tertiary/aromatic N) is 2. The SMILES string of the molecule is O=C(O)CNC(=O)c1c(O)n(Cc2c(F)cc(F)cc2F)c(=O)n(C2CCCCC2)c1=O. The molecule has 1 aliphatic carbocycles. The van der Waals surface area contributed by atoms with Gasteiger partial charge in [0.25, 0.3) is 11.5 Å². The number of hydrogen-bond donors (Lipinski definition) is 3. The van der Waals surface area contributed by atoms with Gasteiger partial charge in [0.2, 0.25) is 5.88 Å². The molecule has 32 heavy (non-hydrogen) atoms. The minimum atomic E-state index is -1.42. The molecular weight excluding hydrogens is 435 g/mol. The fraction of sp³-hybridized carbons (Fsp3) is 0.400. The Balaban J connectivity index is 2.20. The van der Waals surface area contributed by atoms with E-state index >= 15 is 0 Å². The smallest absolute Gasteiger partial charge is 0.334 e. The number of carboxylic acids is 1. The van der Waals surface area contributed by atoms with E-state index in [9.17, 15) is 37.5 Å². The number of aliphatic carboxylic acids is 1. The standard InChI is InChI=1S/C20H20F3N3O6/c21-10-6-13(22)12(14(23)7-10)9-25-18(30)16(17(29)24-8-15(27)28)19(31)26(20(25)32)11-4-2-1-3-5-11/h6-7,11,30H,1-5,8-9H2,(H,24,29)(H,27,28). The van der Waals surface area contributed by atoms with Crippen LogP contribution in [0.5, 0.6) is 5.88 Å². The van der Waals surface area contributed by atoms with Crippen molar-refractivity contribution >= 4 is 11.9 Å². The van der Waals surface area contributed by atoms with Gasteiger partial charge in [-0.1, -0.05) is 19.3 Å². The number of amides is 1. The van der Waals surface area contributed by atoms with Gasteiger partial charge in [0.05, 0.1) is 6.54 Å². The van der Waals surface area contributed by atoms with Gasteiger partial charge in [-0.3, -0.25) is 23.5 Å². The molecule has 0 unspecified atom stereocenters. The second kappa shape index (κ2) is 9.28. The maximum absolute atomic E-state index is 14.2. The lowest BCUT2D eigenvalue weighted by molar-refractivity contribution is -0.135. The number of carboxylic acid groups (broad SMARTS) is 1. The number of halogens is 3. The normalized spacial score (nSPS) is 14.3. The molecule has 3 rings (SSSR count). The van der Waals surface area contributed by atoms with Crippen LogP contribution in [0.25, 0.3) is 0 Å². The lowest BCUT2D eigenvalue weighted by Crippen LogP contribution is -2.47. The highest BCUT2D eigenvalue weighted by atomic mass is 19.1. The first-order chi connectivity index (χ1) is 15.1. The van der Waals surface area contributed by atoms with Gasteiger partial charge in [0.15, 0.2) is 5.56 Å². The Morgan fingerprint density at radius 2 is 1.66 bits per heavy atom. The molecular formula is C20H20F3N3O6. The summed E-state index contributed by atoms with van der Waals surface area (Å²) in [6, 6.07) is 0.153. The molecule has 1 aliphatic rings. The second-order valence-corrected chi connectivity index (χ2v) is 7.46. The molecule has 1 fully saturated rings.